The summed E-state index contributed by atoms with van der Waals surface area (Å²) in [5, 5.41) is 13.2. The highest BCUT2D eigenvalue weighted by molar-refractivity contribution is 7.19. The molecule has 2 aromatic carbocycles. The number of aryl methyl sites for hydroxylation is 1. The molecule has 4 rings (SSSR count). The Labute approximate surface area is 146 Å². The van der Waals surface area contributed by atoms with E-state index in [-0.39, 0.29) is 0 Å². The quantitative estimate of drug-likeness (QED) is 0.571. The maximum atomic E-state index is 11.5. The topological polar surface area (TPSA) is 83.9 Å². The number of fused-ring (bicyclic) bond motifs is 2. The zero-order valence-corrected chi connectivity index (χ0v) is 14.0. The van der Waals surface area contributed by atoms with Gasteiger partial charge in [-0.2, -0.15) is 5.26 Å². The van der Waals surface area contributed by atoms with Crippen molar-refractivity contribution in [3.63, 3.8) is 0 Å². The summed E-state index contributed by atoms with van der Waals surface area (Å²) in [6.45, 7) is 0. The van der Waals surface area contributed by atoms with Gasteiger partial charge in [0, 0.05) is 25.0 Å². The van der Waals surface area contributed by atoms with E-state index in [1.54, 1.807) is 25.4 Å². The van der Waals surface area contributed by atoms with Crippen molar-refractivity contribution in [2.45, 2.75) is 0 Å². The number of thiazole rings is 1. The number of para-hydroxylation sites is 1. The van der Waals surface area contributed by atoms with Crippen molar-refractivity contribution in [2.75, 3.05) is 5.32 Å². The summed E-state index contributed by atoms with van der Waals surface area (Å²) in [6, 6.07) is 15.3. The molecule has 2 heterocycles. The lowest BCUT2D eigenvalue weighted by Gasteiger charge is -2.01. The minimum absolute atomic E-state index is 0.408. The minimum Gasteiger partial charge on any atom is -0.408 e. The van der Waals surface area contributed by atoms with Gasteiger partial charge in [-0.25, -0.2) is 9.78 Å². The van der Waals surface area contributed by atoms with E-state index < -0.39 is 5.76 Å². The Morgan fingerprint density at radius 1 is 1.36 bits per heavy atom. The van der Waals surface area contributed by atoms with Crippen molar-refractivity contribution in [1.82, 2.24) is 9.55 Å². The van der Waals surface area contributed by atoms with Crippen LogP contribution in [0.25, 0.3) is 26.9 Å². The fourth-order valence-corrected chi connectivity index (χ4v) is 3.44. The van der Waals surface area contributed by atoms with Gasteiger partial charge >= 0.3 is 5.76 Å². The summed E-state index contributed by atoms with van der Waals surface area (Å²) in [4.78, 5) is 16.0. The van der Waals surface area contributed by atoms with Crippen molar-refractivity contribution in [1.29, 1.82) is 5.26 Å². The van der Waals surface area contributed by atoms with Crippen LogP contribution >= 0.6 is 11.3 Å². The van der Waals surface area contributed by atoms with Gasteiger partial charge in [-0.15, -0.1) is 11.3 Å². The molecule has 7 heteroatoms. The Morgan fingerprint density at radius 2 is 2.20 bits per heavy atom. The maximum absolute atomic E-state index is 11.5. The number of allylic oxidation sites excluding steroid dienone is 1. The first-order valence-corrected chi connectivity index (χ1v) is 8.30. The molecule has 0 aliphatic heterocycles. The monoisotopic (exact) mass is 348 g/mol. The average Bonchev–Trinajstić information content (AvgIpc) is 3.17. The van der Waals surface area contributed by atoms with E-state index in [1.165, 1.54) is 15.9 Å². The SMILES string of the molecule is Cn1c(=O)oc2cc(N/C=C(\C#N)c3nc4ccccc4s3)ccc21. The number of rotatable bonds is 3. The second-order valence-electron chi connectivity index (χ2n) is 5.41. The molecule has 0 unspecified atom stereocenters. The first-order chi connectivity index (χ1) is 12.2. The first kappa shape index (κ1) is 15.2. The molecule has 25 heavy (non-hydrogen) atoms. The fourth-order valence-electron chi connectivity index (χ4n) is 2.51. The number of anilines is 1. The van der Waals surface area contributed by atoms with E-state index in [1.807, 2.05) is 30.3 Å². The van der Waals surface area contributed by atoms with Gasteiger partial charge in [-0.3, -0.25) is 4.57 Å². The number of oxazole rings is 1. The number of aromatic nitrogens is 2. The highest BCUT2D eigenvalue weighted by Gasteiger charge is 2.09. The van der Waals surface area contributed by atoms with Crippen molar-refractivity contribution >= 4 is 43.9 Å². The van der Waals surface area contributed by atoms with Crippen LogP contribution in [0.2, 0.25) is 0 Å². The standard InChI is InChI=1S/C18H12N4O2S/c1-22-14-7-6-12(8-15(14)24-18(22)23)20-10-11(9-19)17-21-13-4-2-3-5-16(13)25-17/h2-8,10,20H,1H3/b11-10+. The molecule has 4 aromatic rings. The molecule has 0 saturated carbocycles. The van der Waals surface area contributed by atoms with Gasteiger partial charge in [0.1, 0.15) is 16.6 Å². The van der Waals surface area contributed by atoms with Gasteiger partial charge in [0.25, 0.3) is 0 Å². The van der Waals surface area contributed by atoms with Crippen molar-refractivity contribution in [3.8, 4) is 6.07 Å². The third-order valence-corrected chi connectivity index (χ3v) is 4.89. The van der Waals surface area contributed by atoms with E-state index in [2.05, 4.69) is 16.4 Å². The lowest BCUT2D eigenvalue weighted by atomic mass is 10.2. The molecule has 1 N–H and O–H groups in total. The number of nitrogens with one attached hydrogen (secondary N) is 1. The molecule has 0 spiro atoms. The molecule has 0 bridgehead atoms. The highest BCUT2D eigenvalue weighted by Crippen LogP contribution is 2.27. The Hall–Kier alpha value is -3.37. The maximum Gasteiger partial charge on any atom is 0.419 e. The Balaban J connectivity index is 1.67. The predicted octanol–water partition coefficient (Wildman–Crippen LogP) is 3.72. The largest absolute Gasteiger partial charge is 0.419 e. The van der Waals surface area contributed by atoms with Crippen molar-refractivity contribution in [2.24, 2.45) is 7.05 Å². The summed E-state index contributed by atoms with van der Waals surface area (Å²) >= 11 is 1.47. The van der Waals surface area contributed by atoms with Crippen LogP contribution in [0.4, 0.5) is 5.69 Å². The first-order valence-electron chi connectivity index (χ1n) is 7.48. The molecule has 0 fully saturated rings. The molecule has 0 saturated heterocycles. The molecular weight excluding hydrogens is 336 g/mol. The van der Waals surface area contributed by atoms with Crippen LogP contribution in [0.15, 0.2) is 57.9 Å². The Kier molecular flexibility index (Phi) is 3.60. The third kappa shape index (κ3) is 2.69. The average molecular weight is 348 g/mol. The number of nitrogens with zero attached hydrogens (tertiary/aromatic N) is 3. The molecule has 6 nitrogen and oxygen atoms in total. The van der Waals surface area contributed by atoms with Gasteiger partial charge < -0.3 is 9.73 Å². The zero-order valence-electron chi connectivity index (χ0n) is 13.2. The predicted molar refractivity (Wildman–Crippen MR) is 98.3 cm³/mol. The zero-order chi connectivity index (χ0) is 17.4. The van der Waals surface area contributed by atoms with Crippen LogP contribution in [-0.2, 0) is 7.05 Å². The van der Waals surface area contributed by atoms with E-state index >= 15 is 0 Å². The summed E-state index contributed by atoms with van der Waals surface area (Å²) in [5.41, 5.74) is 3.23. The summed E-state index contributed by atoms with van der Waals surface area (Å²) < 4.78 is 7.64. The summed E-state index contributed by atoms with van der Waals surface area (Å²) in [5.74, 6) is -0.408. The van der Waals surface area contributed by atoms with Crippen LogP contribution in [0.1, 0.15) is 5.01 Å². The van der Waals surface area contributed by atoms with Crippen LogP contribution in [0.5, 0.6) is 0 Å². The molecular formula is C18H12N4O2S. The van der Waals surface area contributed by atoms with E-state index in [0.717, 1.165) is 15.9 Å². The number of benzene rings is 2. The number of hydrogen-bond acceptors (Lipinski definition) is 6. The second kappa shape index (κ2) is 5.92. The summed E-state index contributed by atoms with van der Waals surface area (Å²) in [6.07, 6.45) is 1.61. The van der Waals surface area contributed by atoms with Crippen molar-refractivity contribution < 1.29 is 4.42 Å². The number of hydrogen-bond donors (Lipinski definition) is 1. The Morgan fingerprint density at radius 3 is 3.00 bits per heavy atom. The van der Waals surface area contributed by atoms with Gasteiger partial charge in [0.15, 0.2) is 5.58 Å². The molecule has 0 atom stereocenters. The number of nitriles is 1. The fraction of sp³-hybridized carbons (Fsp3) is 0.0556. The highest BCUT2D eigenvalue weighted by atomic mass is 32.1. The molecule has 0 radical (unpaired) electrons. The minimum atomic E-state index is -0.408. The van der Waals surface area contributed by atoms with Crippen LogP contribution < -0.4 is 11.1 Å². The van der Waals surface area contributed by atoms with Gasteiger partial charge in [-0.05, 0) is 24.3 Å². The lowest BCUT2D eigenvalue weighted by Crippen LogP contribution is -2.08. The molecule has 0 aliphatic carbocycles. The second-order valence-corrected chi connectivity index (χ2v) is 6.44. The lowest BCUT2D eigenvalue weighted by molar-refractivity contribution is 0.528. The molecule has 2 aromatic heterocycles. The van der Waals surface area contributed by atoms with E-state index in [4.69, 9.17) is 4.42 Å². The molecule has 0 amide bonds. The smallest absolute Gasteiger partial charge is 0.408 e. The molecule has 122 valence electrons. The van der Waals surface area contributed by atoms with Crippen LogP contribution in [0, 0.1) is 11.3 Å². The van der Waals surface area contributed by atoms with Gasteiger partial charge in [-0.1, -0.05) is 12.1 Å². The van der Waals surface area contributed by atoms with Crippen LogP contribution in [-0.4, -0.2) is 9.55 Å². The van der Waals surface area contributed by atoms with Gasteiger partial charge in [0.2, 0.25) is 0 Å². The van der Waals surface area contributed by atoms with E-state index in [0.29, 0.717) is 21.7 Å². The third-order valence-electron chi connectivity index (χ3n) is 3.82. The van der Waals surface area contributed by atoms with Crippen molar-refractivity contribution in [3.05, 3.63) is 64.2 Å². The van der Waals surface area contributed by atoms with E-state index in [9.17, 15) is 10.1 Å². The Bertz CT molecular complexity index is 1190. The summed E-state index contributed by atoms with van der Waals surface area (Å²) in [7, 11) is 1.65. The van der Waals surface area contributed by atoms with Crippen LogP contribution in [0.3, 0.4) is 0 Å². The normalized spacial score (nSPS) is 11.8. The molecule has 0 aliphatic rings. The van der Waals surface area contributed by atoms with Gasteiger partial charge in [0.05, 0.1) is 15.7 Å².